The van der Waals surface area contributed by atoms with Crippen molar-refractivity contribution in [2.24, 2.45) is 10.9 Å². The van der Waals surface area contributed by atoms with Gasteiger partial charge < -0.3 is 15.5 Å². The number of aliphatic imine (C=N–C) groups is 1. The van der Waals surface area contributed by atoms with Crippen LogP contribution in [-0.2, 0) is 6.54 Å². The highest BCUT2D eigenvalue weighted by Crippen LogP contribution is 2.19. The molecular weight excluding hydrogens is 284 g/mol. The molecule has 4 nitrogen and oxygen atoms in total. The highest BCUT2D eigenvalue weighted by molar-refractivity contribution is 5.79. The lowest BCUT2D eigenvalue weighted by atomic mass is 9.93. The number of hydrogen-bond acceptors (Lipinski definition) is 2. The van der Waals surface area contributed by atoms with Gasteiger partial charge in [-0.15, -0.1) is 0 Å². The Kier molecular flexibility index (Phi) is 7.40. The van der Waals surface area contributed by atoms with Gasteiger partial charge in [0, 0.05) is 20.1 Å². The van der Waals surface area contributed by atoms with E-state index in [0.29, 0.717) is 0 Å². The monoisotopic (exact) mass is 316 g/mol. The van der Waals surface area contributed by atoms with Crippen molar-refractivity contribution < 1.29 is 0 Å². The first-order valence-electron chi connectivity index (χ1n) is 8.93. The van der Waals surface area contributed by atoms with E-state index in [0.717, 1.165) is 25.0 Å². The first-order chi connectivity index (χ1) is 11.2. The summed E-state index contributed by atoms with van der Waals surface area (Å²) in [5.41, 5.74) is 2.59. The molecule has 1 aliphatic heterocycles. The molecule has 0 bridgehead atoms. The molecule has 4 heteroatoms. The van der Waals surface area contributed by atoms with E-state index < -0.39 is 0 Å². The standard InChI is InChI=1S/C19H32N4/c1-4-23-12-9-17(10-13-23)8-11-21-19(20-3)22-15-18-7-5-6-16(2)14-18/h5-7,14,17H,4,8-13,15H2,1-3H3,(H2,20,21,22). The first-order valence-corrected chi connectivity index (χ1v) is 8.93. The summed E-state index contributed by atoms with van der Waals surface area (Å²) in [6.07, 6.45) is 3.92. The van der Waals surface area contributed by atoms with Crippen molar-refractivity contribution >= 4 is 5.96 Å². The van der Waals surface area contributed by atoms with Gasteiger partial charge in [-0.1, -0.05) is 36.8 Å². The lowest BCUT2D eigenvalue weighted by Crippen LogP contribution is -2.39. The van der Waals surface area contributed by atoms with E-state index >= 15 is 0 Å². The van der Waals surface area contributed by atoms with Crippen molar-refractivity contribution in [3.8, 4) is 0 Å². The fourth-order valence-corrected chi connectivity index (χ4v) is 3.21. The van der Waals surface area contributed by atoms with Crippen molar-refractivity contribution in [1.82, 2.24) is 15.5 Å². The van der Waals surface area contributed by atoms with Crippen LogP contribution in [0.1, 0.15) is 37.3 Å². The Bertz CT molecular complexity index is 490. The zero-order valence-electron chi connectivity index (χ0n) is 14.9. The van der Waals surface area contributed by atoms with Crippen LogP contribution in [0, 0.1) is 12.8 Å². The Morgan fingerprint density at radius 2 is 2.04 bits per heavy atom. The van der Waals surface area contributed by atoms with E-state index in [2.05, 4.69) is 58.6 Å². The Hall–Kier alpha value is -1.55. The Balaban J connectivity index is 1.65. The van der Waals surface area contributed by atoms with Crippen LogP contribution in [0.3, 0.4) is 0 Å². The second kappa shape index (κ2) is 9.56. The summed E-state index contributed by atoms with van der Waals surface area (Å²) in [5.74, 6) is 1.76. The number of likely N-dealkylation sites (tertiary alicyclic amines) is 1. The van der Waals surface area contributed by atoms with Crippen molar-refractivity contribution in [3.63, 3.8) is 0 Å². The van der Waals surface area contributed by atoms with E-state index in [1.165, 1.54) is 50.0 Å². The quantitative estimate of drug-likeness (QED) is 0.626. The second-order valence-corrected chi connectivity index (χ2v) is 6.51. The summed E-state index contributed by atoms with van der Waals surface area (Å²) in [4.78, 5) is 6.87. The molecule has 0 aliphatic carbocycles. The smallest absolute Gasteiger partial charge is 0.191 e. The predicted molar refractivity (Wildman–Crippen MR) is 98.8 cm³/mol. The molecule has 0 atom stereocenters. The molecule has 1 saturated heterocycles. The normalized spacial score (nSPS) is 17.3. The summed E-state index contributed by atoms with van der Waals surface area (Å²) in [7, 11) is 1.84. The lowest BCUT2D eigenvalue weighted by Gasteiger charge is -2.31. The van der Waals surface area contributed by atoms with Crippen LogP contribution in [0.2, 0.25) is 0 Å². The number of hydrogen-bond donors (Lipinski definition) is 2. The number of benzene rings is 1. The third-order valence-corrected chi connectivity index (χ3v) is 4.77. The summed E-state index contributed by atoms with van der Waals surface area (Å²) in [5, 5.41) is 6.85. The van der Waals surface area contributed by atoms with Crippen molar-refractivity contribution in [2.45, 2.75) is 39.7 Å². The van der Waals surface area contributed by atoms with Gasteiger partial charge in [0.1, 0.15) is 0 Å². The molecule has 2 N–H and O–H groups in total. The molecule has 0 amide bonds. The van der Waals surface area contributed by atoms with E-state index in [9.17, 15) is 0 Å². The topological polar surface area (TPSA) is 39.7 Å². The summed E-state index contributed by atoms with van der Waals surface area (Å²) < 4.78 is 0. The molecule has 1 aromatic carbocycles. The number of piperidine rings is 1. The molecule has 1 aromatic rings. The molecule has 0 spiro atoms. The maximum absolute atomic E-state index is 4.32. The second-order valence-electron chi connectivity index (χ2n) is 6.51. The van der Waals surface area contributed by atoms with Gasteiger partial charge in [-0.2, -0.15) is 0 Å². The highest BCUT2D eigenvalue weighted by atomic mass is 15.2. The number of rotatable bonds is 6. The van der Waals surface area contributed by atoms with Gasteiger partial charge in [0.15, 0.2) is 5.96 Å². The summed E-state index contributed by atoms with van der Waals surface area (Å²) >= 11 is 0. The molecule has 0 aromatic heterocycles. The molecule has 0 unspecified atom stereocenters. The van der Waals surface area contributed by atoms with Gasteiger partial charge in [0.25, 0.3) is 0 Å². The average molecular weight is 316 g/mol. The molecule has 0 radical (unpaired) electrons. The Morgan fingerprint density at radius 3 is 2.70 bits per heavy atom. The third-order valence-electron chi connectivity index (χ3n) is 4.77. The molecule has 128 valence electrons. The van der Waals surface area contributed by atoms with Crippen LogP contribution in [0.15, 0.2) is 29.3 Å². The fraction of sp³-hybridized carbons (Fsp3) is 0.632. The predicted octanol–water partition coefficient (Wildman–Crippen LogP) is 2.78. The van der Waals surface area contributed by atoms with Gasteiger partial charge in [-0.3, -0.25) is 4.99 Å². The van der Waals surface area contributed by atoms with Crippen molar-refractivity contribution in [1.29, 1.82) is 0 Å². The zero-order chi connectivity index (χ0) is 16.5. The fourth-order valence-electron chi connectivity index (χ4n) is 3.21. The van der Waals surface area contributed by atoms with E-state index in [1.807, 2.05) is 7.05 Å². The molecule has 2 rings (SSSR count). The minimum atomic E-state index is 0.816. The molecule has 23 heavy (non-hydrogen) atoms. The zero-order valence-corrected chi connectivity index (χ0v) is 14.9. The van der Waals surface area contributed by atoms with Crippen LogP contribution < -0.4 is 10.6 Å². The summed E-state index contributed by atoms with van der Waals surface area (Å²) in [6.45, 7) is 9.93. The number of guanidine groups is 1. The number of aryl methyl sites for hydroxylation is 1. The Morgan fingerprint density at radius 1 is 1.26 bits per heavy atom. The number of nitrogens with one attached hydrogen (secondary N) is 2. The summed E-state index contributed by atoms with van der Waals surface area (Å²) in [6, 6.07) is 8.59. The maximum atomic E-state index is 4.32. The third kappa shape index (κ3) is 6.22. The minimum Gasteiger partial charge on any atom is -0.356 e. The van der Waals surface area contributed by atoms with E-state index in [4.69, 9.17) is 0 Å². The number of nitrogens with zero attached hydrogens (tertiary/aromatic N) is 2. The van der Waals surface area contributed by atoms with Crippen molar-refractivity contribution in [2.75, 3.05) is 33.2 Å². The van der Waals surface area contributed by atoms with Gasteiger partial charge in [-0.05, 0) is 57.3 Å². The van der Waals surface area contributed by atoms with Crippen LogP contribution >= 0.6 is 0 Å². The van der Waals surface area contributed by atoms with Gasteiger partial charge >= 0.3 is 0 Å². The Labute approximate surface area is 141 Å². The average Bonchev–Trinajstić information content (AvgIpc) is 2.58. The van der Waals surface area contributed by atoms with Crippen LogP contribution in [0.25, 0.3) is 0 Å². The minimum absolute atomic E-state index is 0.816. The van der Waals surface area contributed by atoms with E-state index in [1.54, 1.807) is 0 Å². The van der Waals surface area contributed by atoms with E-state index in [-0.39, 0.29) is 0 Å². The SMILES string of the molecule is CCN1CCC(CCNC(=NC)NCc2cccc(C)c2)CC1. The van der Waals surface area contributed by atoms with Gasteiger partial charge in [-0.25, -0.2) is 0 Å². The maximum Gasteiger partial charge on any atom is 0.191 e. The van der Waals surface area contributed by atoms with Gasteiger partial charge in [0.2, 0.25) is 0 Å². The molecule has 1 aliphatic rings. The molecule has 1 fully saturated rings. The van der Waals surface area contributed by atoms with Crippen molar-refractivity contribution in [3.05, 3.63) is 35.4 Å². The van der Waals surface area contributed by atoms with Gasteiger partial charge in [0.05, 0.1) is 0 Å². The molecule has 1 heterocycles. The van der Waals surface area contributed by atoms with Crippen LogP contribution in [0.5, 0.6) is 0 Å². The molecule has 0 saturated carbocycles. The lowest BCUT2D eigenvalue weighted by molar-refractivity contribution is 0.187. The highest BCUT2D eigenvalue weighted by Gasteiger charge is 2.17. The van der Waals surface area contributed by atoms with Crippen LogP contribution in [0.4, 0.5) is 0 Å². The molecular formula is C19H32N4. The largest absolute Gasteiger partial charge is 0.356 e. The first kappa shape index (κ1) is 17.8. The van der Waals surface area contributed by atoms with Crippen LogP contribution in [-0.4, -0.2) is 44.1 Å².